The number of nitrogens with one attached hydrogen (secondary N) is 3. The van der Waals surface area contributed by atoms with E-state index in [2.05, 4.69) is 31.0 Å². The summed E-state index contributed by atoms with van der Waals surface area (Å²) in [6, 6.07) is 21.5. The van der Waals surface area contributed by atoms with Gasteiger partial charge in [0.05, 0.1) is 49.1 Å². The molecule has 7 aromatic rings. The maximum absolute atomic E-state index is 14.1. The number of aliphatic hydroxyl groups is 1. The van der Waals surface area contributed by atoms with Crippen LogP contribution < -0.4 is 35.9 Å². The molecule has 3 aromatic carbocycles. The molecule has 1 saturated heterocycles. The number of pyridine rings is 1. The number of aromatic nitrogens is 6. The van der Waals surface area contributed by atoms with Gasteiger partial charge < -0.3 is 45.9 Å². The Morgan fingerprint density at radius 2 is 1.57 bits per heavy atom. The number of imidazole rings is 1. The molecule has 4 amide bonds. The second kappa shape index (κ2) is 25.3. The first-order chi connectivity index (χ1) is 37.1. The first-order valence-corrected chi connectivity index (χ1v) is 26.8. The molecule has 406 valence electrons. The standard InChI is InChI=1S/C57H69N11O8S/c1-36-51(77-35-62-36)40-18-13-37(14-19-40)27-61-54(72)46-26-43(69)32-67(46)55(73)52(57(2,3)4)65-49(70)12-10-8-7-9-11-23-59-50(71)33-66-31-42(29-63-66)41-25-45-53(60-28-41)68(56(58)64-45)30-39-17-22-47(48(24-39)75-6)76-34-38-15-20-44(74-5)21-16-38/h13-22,24-25,28-29,31,35,43,46,52,69H,7-12,23,26-27,30,32-34H2,1-6H3,(H2,58,64)(H,59,71)(H,61,72)(H,65,70)/t43-,46+,52-/m1/s1. The van der Waals surface area contributed by atoms with Crippen LogP contribution in [0.5, 0.6) is 17.2 Å². The van der Waals surface area contributed by atoms with Gasteiger partial charge in [-0.3, -0.25) is 28.4 Å². The summed E-state index contributed by atoms with van der Waals surface area (Å²) in [5.41, 5.74) is 15.2. The van der Waals surface area contributed by atoms with Gasteiger partial charge in [-0.2, -0.15) is 5.10 Å². The minimum absolute atomic E-state index is 0.00837. The number of unbranched alkanes of at least 4 members (excludes halogenated alkanes) is 4. The number of hydrogen-bond donors (Lipinski definition) is 5. The Morgan fingerprint density at radius 3 is 2.30 bits per heavy atom. The molecule has 1 fully saturated rings. The van der Waals surface area contributed by atoms with E-state index in [0.717, 1.165) is 75.4 Å². The van der Waals surface area contributed by atoms with E-state index < -0.39 is 29.5 Å². The fourth-order valence-corrected chi connectivity index (χ4v) is 10.1. The van der Waals surface area contributed by atoms with E-state index in [9.17, 15) is 24.3 Å². The summed E-state index contributed by atoms with van der Waals surface area (Å²) in [5.74, 6) is 1.15. The Labute approximate surface area is 452 Å². The number of likely N-dealkylation sites (tertiary alicyclic amines) is 1. The van der Waals surface area contributed by atoms with Crippen LogP contribution in [0.15, 0.2) is 96.9 Å². The molecule has 0 saturated carbocycles. The molecule has 0 aliphatic carbocycles. The van der Waals surface area contributed by atoms with Gasteiger partial charge in [-0.15, -0.1) is 11.3 Å². The van der Waals surface area contributed by atoms with Crippen LogP contribution in [0.3, 0.4) is 0 Å². The van der Waals surface area contributed by atoms with Crippen molar-refractivity contribution in [3.05, 3.63) is 119 Å². The molecule has 20 heteroatoms. The van der Waals surface area contributed by atoms with E-state index in [-0.39, 0.29) is 50.2 Å². The van der Waals surface area contributed by atoms with Gasteiger partial charge in [0.1, 0.15) is 36.5 Å². The lowest BCUT2D eigenvalue weighted by Crippen LogP contribution is -2.57. The molecule has 0 spiro atoms. The summed E-state index contributed by atoms with van der Waals surface area (Å²) < 4.78 is 20.4. The maximum atomic E-state index is 14.1. The third-order valence-electron chi connectivity index (χ3n) is 13.6. The molecular weight excluding hydrogens is 999 g/mol. The first-order valence-electron chi connectivity index (χ1n) is 26.0. The number of ether oxygens (including phenoxy) is 3. The largest absolute Gasteiger partial charge is 0.497 e. The minimum Gasteiger partial charge on any atom is -0.497 e. The predicted molar refractivity (Wildman–Crippen MR) is 295 cm³/mol. The Hall–Kier alpha value is -7.84. The number of hydrogen-bond acceptors (Lipinski definition) is 14. The molecule has 0 bridgehead atoms. The Morgan fingerprint density at radius 1 is 0.831 bits per heavy atom. The number of aliphatic hydroxyl groups excluding tert-OH is 1. The maximum Gasteiger partial charge on any atom is 0.246 e. The summed E-state index contributed by atoms with van der Waals surface area (Å²) in [6.07, 6.45) is 8.68. The summed E-state index contributed by atoms with van der Waals surface area (Å²) in [7, 11) is 3.24. The van der Waals surface area contributed by atoms with E-state index in [4.69, 9.17) is 24.9 Å². The van der Waals surface area contributed by atoms with Gasteiger partial charge in [0.25, 0.3) is 0 Å². The van der Waals surface area contributed by atoms with Crippen LogP contribution in [0.1, 0.15) is 88.1 Å². The number of β-amino-alcohol motifs (C(OH)–C–C–N with tert-alkyl or cyclic N) is 1. The fraction of sp³-hybridized carbons (Fsp3) is 0.404. The monoisotopic (exact) mass is 1070 g/mol. The number of nitrogens with zero attached hydrogens (tertiary/aromatic N) is 7. The number of nitrogen functional groups attached to an aromatic ring is 1. The molecule has 0 unspecified atom stereocenters. The molecule has 0 radical (unpaired) electrons. The quantitative estimate of drug-likeness (QED) is 0.0376. The lowest BCUT2D eigenvalue weighted by atomic mass is 9.85. The number of amides is 4. The minimum atomic E-state index is -0.890. The third kappa shape index (κ3) is 14.4. The van der Waals surface area contributed by atoms with E-state index in [1.165, 1.54) is 4.90 Å². The molecular formula is C57H69N11O8S. The molecule has 1 aliphatic heterocycles. The number of benzene rings is 3. The van der Waals surface area contributed by atoms with Crippen LogP contribution in [-0.4, -0.2) is 108 Å². The lowest BCUT2D eigenvalue weighted by Gasteiger charge is -2.35. The number of thiazole rings is 1. The number of fused-ring (bicyclic) bond motifs is 1. The Bertz CT molecular complexity index is 3150. The summed E-state index contributed by atoms with van der Waals surface area (Å²) in [6.45, 7) is 9.20. The molecule has 8 rings (SSSR count). The average molecular weight is 1070 g/mol. The van der Waals surface area contributed by atoms with Crippen LogP contribution >= 0.6 is 11.3 Å². The smallest absolute Gasteiger partial charge is 0.246 e. The van der Waals surface area contributed by atoms with Gasteiger partial charge in [0, 0.05) is 56.0 Å². The van der Waals surface area contributed by atoms with E-state index in [0.29, 0.717) is 54.7 Å². The van der Waals surface area contributed by atoms with E-state index in [1.807, 2.05) is 111 Å². The van der Waals surface area contributed by atoms with E-state index >= 15 is 0 Å². The highest BCUT2D eigenvalue weighted by Crippen LogP contribution is 2.32. The predicted octanol–water partition coefficient (Wildman–Crippen LogP) is 7.22. The zero-order chi connectivity index (χ0) is 54.6. The number of carbonyl (C=O) groups is 4. The molecule has 1 aliphatic rings. The van der Waals surface area contributed by atoms with Crippen molar-refractivity contribution in [2.75, 3.05) is 33.0 Å². The Kier molecular flexibility index (Phi) is 18.2. The topological polar surface area (TPSA) is 243 Å². The molecule has 19 nitrogen and oxygen atoms in total. The molecule has 4 aromatic heterocycles. The van der Waals surface area contributed by atoms with Gasteiger partial charge in [-0.1, -0.05) is 82.5 Å². The first kappa shape index (κ1) is 55.4. The molecule has 3 atom stereocenters. The van der Waals surface area contributed by atoms with Crippen molar-refractivity contribution in [2.24, 2.45) is 5.41 Å². The third-order valence-corrected chi connectivity index (χ3v) is 14.6. The van der Waals surface area contributed by atoms with Gasteiger partial charge in [-0.05, 0) is 77.8 Å². The lowest BCUT2D eigenvalue weighted by molar-refractivity contribution is -0.144. The van der Waals surface area contributed by atoms with E-state index in [1.54, 1.807) is 48.8 Å². The van der Waals surface area contributed by atoms with Crippen LogP contribution in [0.2, 0.25) is 0 Å². The zero-order valence-electron chi connectivity index (χ0n) is 44.6. The number of rotatable bonds is 24. The van der Waals surface area contributed by atoms with Crippen molar-refractivity contribution in [3.8, 4) is 38.8 Å². The zero-order valence-corrected chi connectivity index (χ0v) is 45.4. The van der Waals surface area contributed by atoms with Crippen LogP contribution in [0.25, 0.3) is 32.7 Å². The highest BCUT2D eigenvalue weighted by Gasteiger charge is 2.44. The van der Waals surface area contributed by atoms with Crippen LogP contribution in [0.4, 0.5) is 5.95 Å². The van der Waals surface area contributed by atoms with Crippen LogP contribution in [0, 0.1) is 12.3 Å². The second-order valence-corrected chi connectivity index (χ2v) is 21.3. The summed E-state index contributed by atoms with van der Waals surface area (Å²) in [5, 5.41) is 23.9. The van der Waals surface area contributed by atoms with Crippen LogP contribution in [-0.2, 0) is 45.4 Å². The van der Waals surface area contributed by atoms with Gasteiger partial charge in [0.2, 0.25) is 29.6 Å². The SMILES string of the molecule is COc1ccc(COc2ccc(Cn3c(N)nc4cc(-c5cnn(CC(=O)NCCCCCCCC(=O)N[C@H](C(=O)N6C[C@H](O)C[C@H]6C(=O)NCc6ccc(-c7scnc7C)cc6)C(C)(C)C)c5)cnc43)cc2OC)cc1. The highest BCUT2D eigenvalue weighted by molar-refractivity contribution is 7.13. The number of anilines is 1. The average Bonchev–Trinajstić information content (AvgIpc) is 4.24. The van der Waals surface area contributed by atoms with Gasteiger partial charge in [0.15, 0.2) is 17.1 Å². The van der Waals surface area contributed by atoms with Crippen molar-refractivity contribution in [1.29, 1.82) is 0 Å². The number of methoxy groups -OCH3 is 2. The summed E-state index contributed by atoms with van der Waals surface area (Å²) >= 11 is 1.58. The van der Waals surface area contributed by atoms with Crippen molar-refractivity contribution >= 4 is 52.1 Å². The number of nitrogens with two attached hydrogens (primary N) is 1. The molecule has 6 N–H and O–H groups in total. The van der Waals surface area contributed by atoms with Crippen molar-refractivity contribution in [3.63, 3.8) is 0 Å². The van der Waals surface area contributed by atoms with Gasteiger partial charge >= 0.3 is 0 Å². The molecule has 77 heavy (non-hydrogen) atoms. The fourth-order valence-electron chi connectivity index (χ4n) is 9.32. The number of aryl methyl sites for hydroxylation is 1. The van der Waals surface area contributed by atoms with Crippen molar-refractivity contribution < 1.29 is 38.5 Å². The van der Waals surface area contributed by atoms with Crippen molar-refractivity contribution in [1.82, 2.24) is 50.1 Å². The number of carbonyl (C=O) groups excluding carboxylic acids is 4. The second-order valence-electron chi connectivity index (χ2n) is 20.5. The highest BCUT2D eigenvalue weighted by atomic mass is 32.1. The van der Waals surface area contributed by atoms with Gasteiger partial charge in [-0.25, -0.2) is 15.0 Å². The molecule has 5 heterocycles. The van der Waals surface area contributed by atoms with Crippen molar-refractivity contribution in [2.45, 2.75) is 117 Å². The summed E-state index contributed by atoms with van der Waals surface area (Å²) in [4.78, 5) is 69.8. The normalized spacial score (nSPS) is 14.8. The Balaban J connectivity index is 0.729.